The van der Waals surface area contributed by atoms with Crippen LogP contribution in [-0.2, 0) is 60.4 Å². The number of esters is 3. The molecule has 206 valence electrons. The Morgan fingerprint density at radius 2 is 1.21 bits per heavy atom. The van der Waals surface area contributed by atoms with Crippen molar-refractivity contribution in [2.75, 3.05) is 13.7 Å². The van der Waals surface area contributed by atoms with Gasteiger partial charge in [0, 0.05) is 27.9 Å². The van der Waals surface area contributed by atoms with Gasteiger partial charge in [-0.05, 0) is 11.1 Å². The lowest BCUT2D eigenvalue weighted by atomic mass is 10.0. The maximum absolute atomic E-state index is 14.4. The van der Waals surface area contributed by atoms with Crippen molar-refractivity contribution >= 4 is 25.3 Å². The van der Waals surface area contributed by atoms with Gasteiger partial charge in [-0.3, -0.25) is 18.9 Å². The summed E-state index contributed by atoms with van der Waals surface area (Å²) in [5.41, 5.74) is 0.555. The second-order valence-corrected chi connectivity index (χ2v) is 11.6. The number of carbonyl (C=O) groups is 3. The minimum atomic E-state index is -4.05. The van der Waals surface area contributed by atoms with Gasteiger partial charge >= 0.3 is 17.9 Å². The van der Waals surface area contributed by atoms with E-state index in [1.54, 1.807) is 0 Å². The van der Waals surface area contributed by atoms with Gasteiger partial charge in [0.2, 0.25) is 5.85 Å². The average molecular weight is 549 g/mol. The molecule has 6 atom stereocenters. The number of carbonyl (C=O) groups excluding carboxylic acids is 3. The second kappa shape index (κ2) is 13.7. The summed E-state index contributed by atoms with van der Waals surface area (Å²) in [5.74, 6) is -3.69. The average Bonchev–Trinajstić information content (AvgIpc) is 2.88. The van der Waals surface area contributed by atoms with Gasteiger partial charge in [0.1, 0.15) is 17.9 Å². The molecule has 0 amide bonds. The molecule has 1 fully saturated rings. The van der Waals surface area contributed by atoms with Crippen LogP contribution in [0.2, 0.25) is 0 Å². The Morgan fingerprint density at radius 1 is 0.711 bits per heavy atom. The van der Waals surface area contributed by atoms with Crippen molar-refractivity contribution in [3.05, 3.63) is 71.8 Å². The summed E-state index contributed by atoms with van der Waals surface area (Å²) in [6.45, 7) is 3.54. The number of hydrogen-bond acceptors (Lipinski definition) is 10. The second-order valence-electron chi connectivity index (χ2n) is 8.81. The lowest BCUT2D eigenvalue weighted by Gasteiger charge is -2.47. The van der Waals surface area contributed by atoms with Crippen LogP contribution < -0.4 is 0 Å². The van der Waals surface area contributed by atoms with Crippen molar-refractivity contribution in [1.82, 2.24) is 0 Å². The van der Waals surface area contributed by atoms with Crippen LogP contribution in [-0.4, -0.2) is 61.4 Å². The smallest absolute Gasteiger partial charge is 0.303 e. The summed E-state index contributed by atoms with van der Waals surface area (Å²) in [4.78, 5) is 36.4. The predicted octanol–water partition coefficient (Wildman–Crippen LogP) is 3.85. The molecular formula is C27H33O10P. The molecule has 1 aliphatic heterocycles. The fraction of sp³-hybridized carbons (Fsp3) is 0.444. The highest BCUT2D eigenvalue weighted by Crippen LogP contribution is 2.63. The number of rotatable bonds is 11. The largest absolute Gasteiger partial charge is 0.459 e. The molecule has 38 heavy (non-hydrogen) atoms. The summed E-state index contributed by atoms with van der Waals surface area (Å²) in [5, 5.41) is 0. The molecule has 10 nitrogen and oxygen atoms in total. The summed E-state index contributed by atoms with van der Waals surface area (Å²) < 4.78 is 48.6. The van der Waals surface area contributed by atoms with Crippen LogP contribution in [0.25, 0.3) is 0 Å². The Kier molecular flexibility index (Phi) is 10.6. The van der Waals surface area contributed by atoms with Gasteiger partial charge in [0.05, 0.1) is 19.8 Å². The van der Waals surface area contributed by atoms with Crippen LogP contribution in [0.15, 0.2) is 60.7 Å². The van der Waals surface area contributed by atoms with E-state index in [9.17, 15) is 18.9 Å². The molecule has 0 saturated carbocycles. The van der Waals surface area contributed by atoms with Crippen LogP contribution >= 0.6 is 7.37 Å². The topological polar surface area (TPSA) is 124 Å². The third kappa shape index (κ3) is 7.51. The van der Waals surface area contributed by atoms with E-state index < -0.39 is 55.1 Å². The molecule has 2 aromatic carbocycles. The van der Waals surface area contributed by atoms with Gasteiger partial charge in [-0.1, -0.05) is 60.7 Å². The van der Waals surface area contributed by atoms with Gasteiger partial charge in [-0.25, -0.2) is 0 Å². The Labute approximate surface area is 221 Å². The fourth-order valence-corrected chi connectivity index (χ4v) is 7.14. The van der Waals surface area contributed by atoms with E-state index in [1.807, 2.05) is 60.7 Å². The highest BCUT2D eigenvalue weighted by atomic mass is 31.2. The summed E-state index contributed by atoms with van der Waals surface area (Å²) in [6, 6.07) is 18.5. The maximum Gasteiger partial charge on any atom is 0.303 e. The minimum Gasteiger partial charge on any atom is -0.459 e. The first-order valence-corrected chi connectivity index (χ1v) is 13.9. The van der Waals surface area contributed by atoms with Gasteiger partial charge in [0.15, 0.2) is 6.10 Å². The van der Waals surface area contributed by atoms with Gasteiger partial charge in [-0.15, -0.1) is 0 Å². The summed E-state index contributed by atoms with van der Waals surface area (Å²) in [6.07, 6.45) is -3.76. The highest BCUT2D eigenvalue weighted by molar-refractivity contribution is 7.60. The molecule has 0 bridgehead atoms. The molecule has 0 N–H and O–H groups in total. The molecule has 2 aromatic rings. The lowest BCUT2D eigenvalue weighted by molar-refractivity contribution is -0.196. The SMILES string of the molecule is CO[P@]1(=O)[C@H](COCc2ccccc2)[C@@H](OC(C)=O)[C@H](OCc2ccccc2)[C@@H](OC(C)=O)[C@@H]1OC(C)=O. The normalized spacial score (nSPS) is 26.8. The van der Waals surface area contributed by atoms with Gasteiger partial charge in [0.25, 0.3) is 7.37 Å². The maximum atomic E-state index is 14.4. The van der Waals surface area contributed by atoms with Crippen LogP contribution in [0.1, 0.15) is 31.9 Å². The quantitative estimate of drug-likeness (QED) is 0.232. The molecule has 1 aliphatic rings. The fourth-order valence-electron chi connectivity index (χ4n) is 4.40. The third-order valence-electron chi connectivity index (χ3n) is 5.99. The van der Waals surface area contributed by atoms with E-state index in [1.165, 1.54) is 14.0 Å². The van der Waals surface area contributed by atoms with Crippen molar-refractivity contribution in [3.8, 4) is 0 Å². The number of ether oxygens (including phenoxy) is 5. The zero-order valence-corrected chi connectivity index (χ0v) is 22.7. The van der Waals surface area contributed by atoms with Crippen LogP contribution in [0, 0.1) is 0 Å². The van der Waals surface area contributed by atoms with Crippen molar-refractivity contribution in [3.63, 3.8) is 0 Å². The third-order valence-corrected chi connectivity index (χ3v) is 9.03. The van der Waals surface area contributed by atoms with Crippen molar-refractivity contribution in [2.45, 2.75) is 63.8 Å². The lowest BCUT2D eigenvalue weighted by Crippen LogP contribution is -2.61. The molecule has 0 radical (unpaired) electrons. The first-order chi connectivity index (χ1) is 18.2. The van der Waals surface area contributed by atoms with Crippen LogP contribution in [0.4, 0.5) is 0 Å². The molecule has 0 aliphatic carbocycles. The molecule has 0 unspecified atom stereocenters. The van der Waals surface area contributed by atoms with Crippen molar-refractivity contribution in [1.29, 1.82) is 0 Å². The molecular weight excluding hydrogens is 515 g/mol. The molecule has 1 saturated heterocycles. The zero-order valence-electron chi connectivity index (χ0n) is 21.8. The van der Waals surface area contributed by atoms with E-state index in [0.717, 1.165) is 25.0 Å². The standard InChI is InChI=1S/C27H33O10P/c1-18(28)35-24-23(17-33-15-21-11-7-5-8-12-21)38(31,32-4)27(37-20(3)30)26(36-19(2)29)25(24)34-16-22-13-9-6-10-14-22/h5-14,23-27H,15-17H2,1-4H3/t23-,24-,25+,26-,27-,38-/m1/s1. The minimum absolute atomic E-state index is 0.0443. The van der Waals surface area contributed by atoms with Crippen molar-refractivity contribution in [2.24, 2.45) is 0 Å². The van der Waals surface area contributed by atoms with Crippen LogP contribution in [0.5, 0.6) is 0 Å². The first kappa shape index (κ1) is 29.5. The molecule has 0 aromatic heterocycles. The Bertz CT molecular complexity index is 1120. The number of benzene rings is 2. The molecule has 3 rings (SSSR count). The van der Waals surface area contributed by atoms with E-state index >= 15 is 0 Å². The molecule has 11 heteroatoms. The van der Waals surface area contributed by atoms with Crippen LogP contribution in [0.3, 0.4) is 0 Å². The van der Waals surface area contributed by atoms with E-state index in [2.05, 4.69) is 0 Å². The monoisotopic (exact) mass is 548 g/mol. The summed E-state index contributed by atoms with van der Waals surface area (Å²) in [7, 11) is -2.85. The van der Waals surface area contributed by atoms with E-state index in [-0.39, 0.29) is 19.8 Å². The van der Waals surface area contributed by atoms with E-state index in [0.29, 0.717) is 0 Å². The summed E-state index contributed by atoms with van der Waals surface area (Å²) >= 11 is 0. The van der Waals surface area contributed by atoms with Crippen molar-refractivity contribution < 1.29 is 47.2 Å². The van der Waals surface area contributed by atoms with Gasteiger partial charge in [-0.2, -0.15) is 0 Å². The van der Waals surface area contributed by atoms with E-state index in [4.69, 9.17) is 28.2 Å². The highest BCUT2D eigenvalue weighted by Gasteiger charge is 2.63. The Hall–Kier alpha value is -3.04. The molecule has 1 heterocycles. The number of hydrogen-bond donors (Lipinski definition) is 0. The Morgan fingerprint density at radius 3 is 1.71 bits per heavy atom. The predicted molar refractivity (Wildman–Crippen MR) is 136 cm³/mol. The first-order valence-electron chi connectivity index (χ1n) is 12.1. The Balaban J connectivity index is 2.03. The molecule has 0 spiro atoms. The zero-order chi connectivity index (χ0) is 27.7. The van der Waals surface area contributed by atoms with Gasteiger partial charge < -0.3 is 28.2 Å².